The minimum Gasteiger partial charge on any atom is -0.372 e. The van der Waals surface area contributed by atoms with Crippen LogP contribution >= 0.6 is 0 Å². The van der Waals surface area contributed by atoms with Crippen LogP contribution in [0.25, 0.3) is 0 Å². The van der Waals surface area contributed by atoms with Crippen LogP contribution in [0.2, 0.25) is 0 Å². The van der Waals surface area contributed by atoms with Gasteiger partial charge in [0, 0.05) is 23.2 Å². The van der Waals surface area contributed by atoms with E-state index in [0.29, 0.717) is 6.61 Å². The largest absolute Gasteiger partial charge is 0.372 e. The van der Waals surface area contributed by atoms with Crippen molar-refractivity contribution in [2.75, 3.05) is 24.7 Å². The molecule has 21 heavy (non-hydrogen) atoms. The van der Waals surface area contributed by atoms with Gasteiger partial charge in [-0.25, -0.2) is 0 Å². The molecule has 0 N–H and O–H groups in total. The molecular weight excluding hydrogens is 262 g/mol. The Bertz CT molecular complexity index is 441. The van der Waals surface area contributed by atoms with Crippen LogP contribution in [0.15, 0.2) is 30.3 Å². The van der Waals surface area contributed by atoms with Crippen molar-refractivity contribution >= 4 is 11.5 Å². The molecule has 0 spiro atoms. The van der Waals surface area contributed by atoms with Crippen LogP contribution in [0.5, 0.6) is 0 Å². The summed E-state index contributed by atoms with van der Waals surface area (Å²) in [5, 5.41) is 0. The van der Waals surface area contributed by atoms with Crippen molar-refractivity contribution in [2.24, 2.45) is 5.41 Å². The molecule has 0 saturated heterocycles. The average molecular weight is 291 g/mol. The van der Waals surface area contributed by atoms with Crippen LogP contribution in [0.1, 0.15) is 41.5 Å². The molecule has 0 saturated carbocycles. The highest BCUT2D eigenvalue weighted by molar-refractivity contribution is 5.84. The zero-order chi connectivity index (χ0) is 16.1. The number of ketones is 1. The Morgan fingerprint density at radius 1 is 1.05 bits per heavy atom. The van der Waals surface area contributed by atoms with Crippen LogP contribution in [0, 0.1) is 5.41 Å². The lowest BCUT2D eigenvalue weighted by Gasteiger charge is -2.37. The summed E-state index contributed by atoms with van der Waals surface area (Å²) in [4.78, 5) is 14.1. The fraction of sp³-hybridized carbons (Fsp3) is 0.611. The number of ether oxygens (including phenoxy) is 1. The van der Waals surface area contributed by atoms with E-state index < -0.39 is 0 Å². The maximum absolute atomic E-state index is 11.8. The van der Waals surface area contributed by atoms with Gasteiger partial charge in [-0.3, -0.25) is 4.79 Å². The standard InChI is InChI=1S/C18H29NO2/c1-17(2,3)16(20)14-21-13-12-19(18(4,5)6)15-10-8-7-9-11-15/h7-11H,12-14H2,1-6H3. The number of benzene rings is 1. The molecule has 0 unspecified atom stereocenters. The fourth-order valence-electron chi connectivity index (χ4n) is 2.00. The van der Waals surface area contributed by atoms with E-state index in [2.05, 4.69) is 37.8 Å². The Morgan fingerprint density at radius 3 is 2.10 bits per heavy atom. The zero-order valence-electron chi connectivity index (χ0n) is 14.3. The van der Waals surface area contributed by atoms with E-state index in [1.54, 1.807) is 0 Å². The van der Waals surface area contributed by atoms with Gasteiger partial charge in [0.2, 0.25) is 0 Å². The fourth-order valence-corrected chi connectivity index (χ4v) is 2.00. The van der Waals surface area contributed by atoms with Crippen molar-refractivity contribution in [3.05, 3.63) is 30.3 Å². The lowest BCUT2D eigenvalue weighted by molar-refractivity contribution is -0.130. The third-order valence-corrected chi connectivity index (χ3v) is 3.41. The lowest BCUT2D eigenvalue weighted by Crippen LogP contribution is -2.43. The van der Waals surface area contributed by atoms with Gasteiger partial charge in [0.05, 0.1) is 6.61 Å². The van der Waals surface area contributed by atoms with Gasteiger partial charge in [0.15, 0.2) is 5.78 Å². The Labute approximate surface area is 129 Å². The molecule has 0 aliphatic carbocycles. The minimum atomic E-state index is -0.330. The summed E-state index contributed by atoms with van der Waals surface area (Å²) in [5.74, 6) is 0.143. The Morgan fingerprint density at radius 2 is 1.62 bits per heavy atom. The molecule has 0 atom stereocenters. The van der Waals surface area contributed by atoms with Crippen molar-refractivity contribution in [3.8, 4) is 0 Å². The summed E-state index contributed by atoms with van der Waals surface area (Å²) in [7, 11) is 0. The van der Waals surface area contributed by atoms with Gasteiger partial charge in [0.25, 0.3) is 0 Å². The van der Waals surface area contributed by atoms with Crippen LogP contribution < -0.4 is 4.90 Å². The van der Waals surface area contributed by atoms with Crippen molar-refractivity contribution in [2.45, 2.75) is 47.1 Å². The molecule has 0 aromatic heterocycles. The highest BCUT2D eigenvalue weighted by atomic mass is 16.5. The predicted octanol–water partition coefficient (Wildman–Crippen LogP) is 3.92. The smallest absolute Gasteiger partial charge is 0.163 e. The van der Waals surface area contributed by atoms with Crippen molar-refractivity contribution < 1.29 is 9.53 Å². The molecule has 0 radical (unpaired) electrons. The third-order valence-electron chi connectivity index (χ3n) is 3.41. The molecule has 0 aliphatic rings. The van der Waals surface area contributed by atoms with E-state index in [9.17, 15) is 4.79 Å². The highest BCUT2D eigenvalue weighted by Gasteiger charge is 2.23. The number of nitrogens with zero attached hydrogens (tertiary/aromatic N) is 1. The molecule has 0 amide bonds. The van der Waals surface area contributed by atoms with E-state index in [1.165, 1.54) is 5.69 Å². The van der Waals surface area contributed by atoms with Crippen molar-refractivity contribution in [1.82, 2.24) is 0 Å². The number of Topliss-reactive ketones (excluding diaryl/α,β-unsaturated/α-hetero) is 1. The Balaban J connectivity index is 2.55. The summed E-state index contributed by atoms with van der Waals surface area (Å²) in [6.45, 7) is 13.8. The van der Waals surface area contributed by atoms with Gasteiger partial charge in [-0.15, -0.1) is 0 Å². The summed E-state index contributed by atoms with van der Waals surface area (Å²) < 4.78 is 5.58. The molecule has 1 aromatic carbocycles. The predicted molar refractivity (Wildman–Crippen MR) is 88.8 cm³/mol. The first kappa shape index (κ1) is 17.7. The number of carbonyl (C=O) groups excluding carboxylic acids is 1. The van der Waals surface area contributed by atoms with Crippen LogP contribution in [-0.4, -0.2) is 31.1 Å². The van der Waals surface area contributed by atoms with Gasteiger partial charge in [0.1, 0.15) is 6.61 Å². The molecular formula is C18H29NO2. The SMILES string of the molecule is CC(C)(C)C(=O)COCCN(c1ccccc1)C(C)(C)C. The van der Waals surface area contributed by atoms with Crippen molar-refractivity contribution in [1.29, 1.82) is 0 Å². The van der Waals surface area contributed by atoms with Gasteiger partial charge in [-0.2, -0.15) is 0 Å². The molecule has 0 heterocycles. The lowest BCUT2D eigenvalue weighted by atomic mass is 9.91. The molecule has 3 nitrogen and oxygen atoms in total. The van der Waals surface area contributed by atoms with Gasteiger partial charge >= 0.3 is 0 Å². The van der Waals surface area contributed by atoms with E-state index in [0.717, 1.165) is 6.54 Å². The number of hydrogen-bond acceptors (Lipinski definition) is 3. The van der Waals surface area contributed by atoms with Gasteiger partial charge in [-0.05, 0) is 32.9 Å². The Hall–Kier alpha value is -1.35. The molecule has 0 aliphatic heterocycles. The molecule has 118 valence electrons. The first-order valence-corrected chi connectivity index (χ1v) is 7.56. The molecule has 3 heteroatoms. The minimum absolute atomic E-state index is 0.0126. The number of para-hydroxylation sites is 1. The second-order valence-corrected chi connectivity index (χ2v) is 7.38. The Kier molecular flexibility index (Phi) is 5.97. The van der Waals surface area contributed by atoms with E-state index >= 15 is 0 Å². The maximum atomic E-state index is 11.8. The summed E-state index contributed by atoms with van der Waals surface area (Å²) in [6.07, 6.45) is 0. The number of anilines is 1. The molecule has 0 fully saturated rings. The molecule has 1 rings (SSSR count). The normalized spacial score (nSPS) is 12.3. The third kappa shape index (κ3) is 5.88. The topological polar surface area (TPSA) is 29.5 Å². The van der Waals surface area contributed by atoms with E-state index in [1.807, 2.05) is 39.0 Å². The van der Waals surface area contributed by atoms with E-state index in [-0.39, 0.29) is 23.3 Å². The average Bonchev–Trinajstić information content (AvgIpc) is 2.36. The van der Waals surface area contributed by atoms with Gasteiger partial charge < -0.3 is 9.64 Å². The maximum Gasteiger partial charge on any atom is 0.163 e. The second-order valence-electron chi connectivity index (χ2n) is 7.38. The monoisotopic (exact) mass is 291 g/mol. The van der Waals surface area contributed by atoms with Crippen LogP contribution in [0.4, 0.5) is 5.69 Å². The quantitative estimate of drug-likeness (QED) is 0.744. The molecule has 0 bridgehead atoms. The van der Waals surface area contributed by atoms with E-state index in [4.69, 9.17) is 4.74 Å². The number of carbonyl (C=O) groups is 1. The number of hydrogen-bond donors (Lipinski definition) is 0. The summed E-state index contributed by atoms with van der Waals surface area (Å²) >= 11 is 0. The highest BCUT2D eigenvalue weighted by Crippen LogP contribution is 2.23. The number of rotatable bonds is 6. The van der Waals surface area contributed by atoms with Gasteiger partial charge in [-0.1, -0.05) is 39.0 Å². The second kappa shape index (κ2) is 7.08. The van der Waals surface area contributed by atoms with Crippen molar-refractivity contribution in [3.63, 3.8) is 0 Å². The van der Waals surface area contributed by atoms with Crippen LogP contribution in [0.3, 0.4) is 0 Å². The first-order chi connectivity index (χ1) is 9.62. The first-order valence-electron chi connectivity index (χ1n) is 7.56. The molecule has 1 aromatic rings. The van der Waals surface area contributed by atoms with Crippen LogP contribution in [-0.2, 0) is 9.53 Å². The zero-order valence-corrected chi connectivity index (χ0v) is 14.3. The summed E-state index contributed by atoms with van der Waals surface area (Å²) in [5.41, 5.74) is 0.859. The summed E-state index contributed by atoms with van der Waals surface area (Å²) in [6, 6.07) is 10.3.